The standard InChI is InChI=1S/C17H21NO/c1-14-8-10-16(11-9-14)19-17(12-13-18-2)15-6-4-3-5-7-15/h3-11,17-18H,12-13H2,1-2H3/i2D3,8D,9D,10D,11D,12D2,13D2. The fourth-order valence-electron chi connectivity index (χ4n) is 1.45. The van der Waals surface area contributed by atoms with Crippen molar-refractivity contribution < 1.29 is 19.8 Å². The van der Waals surface area contributed by atoms with Crippen LogP contribution >= 0.6 is 0 Å². The first-order chi connectivity index (χ1) is 13.6. The molecule has 0 heterocycles. The van der Waals surface area contributed by atoms with Crippen molar-refractivity contribution in [2.45, 2.75) is 19.4 Å². The van der Waals surface area contributed by atoms with Gasteiger partial charge < -0.3 is 10.1 Å². The van der Waals surface area contributed by atoms with Crippen LogP contribution in [0.5, 0.6) is 5.75 Å². The van der Waals surface area contributed by atoms with E-state index in [2.05, 4.69) is 0 Å². The summed E-state index contributed by atoms with van der Waals surface area (Å²) < 4.78 is 92.2. The van der Waals surface area contributed by atoms with Crippen molar-refractivity contribution in [3.05, 3.63) is 65.6 Å². The maximum Gasteiger partial charge on any atom is 0.125 e. The van der Waals surface area contributed by atoms with Crippen molar-refractivity contribution in [2.24, 2.45) is 0 Å². The molecule has 0 radical (unpaired) electrons. The summed E-state index contributed by atoms with van der Waals surface area (Å²) in [6, 6.07) is 5.73. The molecular formula is C17H21NO. The van der Waals surface area contributed by atoms with Crippen LogP contribution in [-0.2, 0) is 0 Å². The summed E-state index contributed by atoms with van der Waals surface area (Å²) in [5.74, 6) is -0.557. The zero-order valence-corrected chi connectivity index (χ0v) is 10.4. The van der Waals surface area contributed by atoms with Crippen LogP contribution in [0.25, 0.3) is 0 Å². The molecule has 0 saturated heterocycles. The molecule has 19 heavy (non-hydrogen) atoms. The molecule has 0 aliphatic heterocycles. The smallest absolute Gasteiger partial charge is 0.125 e. The van der Waals surface area contributed by atoms with Crippen LogP contribution in [-0.4, -0.2) is 13.5 Å². The van der Waals surface area contributed by atoms with Gasteiger partial charge in [0.25, 0.3) is 0 Å². The van der Waals surface area contributed by atoms with E-state index in [-0.39, 0.29) is 23.2 Å². The van der Waals surface area contributed by atoms with Crippen LogP contribution in [0.15, 0.2) is 54.5 Å². The van der Waals surface area contributed by atoms with E-state index in [4.69, 9.17) is 19.8 Å². The Morgan fingerprint density at radius 1 is 1.26 bits per heavy atom. The summed E-state index contributed by atoms with van der Waals surface area (Å²) in [6.07, 6.45) is -4.80. The van der Waals surface area contributed by atoms with E-state index >= 15 is 0 Å². The summed E-state index contributed by atoms with van der Waals surface area (Å²) in [5, 5.41) is 1.64. The molecule has 0 aliphatic carbocycles. The predicted molar refractivity (Wildman–Crippen MR) is 79.5 cm³/mol. The highest BCUT2D eigenvalue weighted by Gasteiger charge is 2.12. The van der Waals surface area contributed by atoms with Gasteiger partial charge in [-0.1, -0.05) is 48.0 Å². The van der Waals surface area contributed by atoms with E-state index in [1.165, 1.54) is 19.1 Å². The first kappa shape index (κ1) is 5.29. The largest absolute Gasteiger partial charge is 0.486 e. The van der Waals surface area contributed by atoms with Crippen molar-refractivity contribution >= 4 is 0 Å². The fourth-order valence-corrected chi connectivity index (χ4v) is 1.45. The first-order valence-corrected chi connectivity index (χ1v) is 5.68. The van der Waals surface area contributed by atoms with Crippen LogP contribution in [0, 0.1) is 6.92 Å². The second kappa shape index (κ2) is 6.95. The van der Waals surface area contributed by atoms with Gasteiger partial charge in [0.2, 0.25) is 0 Å². The lowest BCUT2D eigenvalue weighted by Crippen LogP contribution is -2.16. The molecule has 0 amide bonds. The van der Waals surface area contributed by atoms with Gasteiger partial charge in [0.15, 0.2) is 0 Å². The Hall–Kier alpha value is -1.80. The minimum Gasteiger partial charge on any atom is -0.486 e. The van der Waals surface area contributed by atoms with E-state index in [9.17, 15) is 0 Å². The number of ether oxygens (including phenoxy) is 1. The molecule has 2 aromatic carbocycles. The average Bonchev–Trinajstić information content (AvgIpc) is 2.63. The van der Waals surface area contributed by atoms with Crippen LogP contribution in [0.3, 0.4) is 0 Å². The minimum atomic E-state index is -3.11. The van der Waals surface area contributed by atoms with Crippen molar-refractivity contribution in [3.8, 4) is 5.75 Å². The maximum absolute atomic E-state index is 8.38. The number of rotatable bonds is 6. The lowest BCUT2D eigenvalue weighted by Gasteiger charge is -2.19. The van der Waals surface area contributed by atoms with Gasteiger partial charge in [0, 0.05) is 16.0 Å². The quantitative estimate of drug-likeness (QED) is 0.860. The molecule has 1 N–H and O–H groups in total. The van der Waals surface area contributed by atoms with Gasteiger partial charge in [0.1, 0.15) is 11.9 Å². The second-order valence-corrected chi connectivity index (χ2v) is 3.76. The van der Waals surface area contributed by atoms with Crippen molar-refractivity contribution in [3.63, 3.8) is 0 Å². The number of benzene rings is 2. The molecule has 0 aromatic heterocycles. The van der Waals surface area contributed by atoms with Gasteiger partial charge in [-0.3, -0.25) is 0 Å². The van der Waals surface area contributed by atoms with E-state index in [0.717, 1.165) is 0 Å². The molecular weight excluding hydrogens is 234 g/mol. The summed E-state index contributed by atoms with van der Waals surface area (Å²) in [4.78, 5) is 0. The van der Waals surface area contributed by atoms with Crippen molar-refractivity contribution in [1.82, 2.24) is 5.32 Å². The average molecular weight is 266 g/mol. The first-order valence-electron chi connectivity index (χ1n) is 11.2. The molecule has 1 atom stereocenters. The molecule has 2 rings (SSSR count). The fraction of sp³-hybridized carbons (Fsp3) is 0.294. The van der Waals surface area contributed by atoms with E-state index in [0.29, 0.717) is 0 Å². The third-order valence-electron chi connectivity index (χ3n) is 2.33. The molecule has 2 aromatic rings. The maximum atomic E-state index is 8.38. The zero-order chi connectivity index (χ0) is 23.1. The highest BCUT2D eigenvalue weighted by Crippen LogP contribution is 2.24. The highest BCUT2D eigenvalue weighted by atomic mass is 16.5. The molecule has 0 saturated carbocycles. The van der Waals surface area contributed by atoms with E-state index in [1.807, 2.05) is 0 Å². The summed E-state index contributed by atoms with van der Waals surface area (Å²) in [5.41, 5.74) is 0.201. The SMILES string of the molecule is [2H]c1c([2H])c(OC(c2ccccc2)C([2H])([2H])C([2H])([2H])NC([2H])([2H])[2H])c([2H])c([2H])c1C. The highest BCUT2D eigenvalue weighted by molar-refractivity contribution is 5.28. The summed E-state index contributed by atoms with van der Waals surface area (Å²) in [7, 11) is 0. The molecule has 0 bridgehead atoms. The molecule has 100 valence electrons. The molecule has 2 nitrogen and oxygen atoms in total. The Morgan fingerprint density at radius 2 is 2.00 bits per heavy atom. The Balaban J connectivity index is 2.65. The third-order valence-corrected chi connectivity index (χ3v) is 2.33. The molecule has 0 fully saturated rings. The van der Waals surface area contributed by atoms with Crippen LogP contribution in [0.4, 0.5) is 0 Å². The van der Waals surface area contributed by atoms with Gasteiger partial charge in [0.05, 0.1) is 5.48 Å². The lowest BCUT2D eigenvalue weighted by atomic mass is 10.1. The summed E-state index contributed by atoms with van der Waals surface area (Å²) in [6.45, 7) is -4.70. The summed E-state index contributed by atoms with van der Waals surface area (Å²) >= 11 is 0. The van der Waals surface area contributed by atoms with Gasteiger partial charge in [-0.15, -0.1) is 0 Å². The van der Waals surface area contributed by atoms with Gasteiger partial charge in [-0.2, -0.15) is 0 Å². The van der Waals surface area contributed by atoms with Gasteiger partial charge in [-0.25, -0.2) is 0 Å². The Morgan fingerprint density at radius 3 is 2.68 bits per heavy atom. The number of nitrogens with one attached hydrogen (secondary N) is 1. The Labute approximate surface area is 130 Å². The van der Waals surface area contributed by atoms with Crippen molar-refractivity contribution in [1.29, 1.82) is 0 Å². The van der Waals surface area contributed by atoms with Gasteiger partial charge >= 0.3 is 0 Å². The molecule has 2 heteroatoms. The second-order valence-electron chi connectivity index (χ2n) is 3.76. The van der Waals surface area contributed by atoms with E-state index < -0.39 is 43.8 Å². The van der Waals surface area contributed by atoms with Gasteiger partial charge in [-0.05, 0) is 38.0 Å². The van der Waals surface area contributed by atoms with Crippen LogP contribution in [0.2, 0.25) is 0 Å². The normalized spacial score (nSPS) is 22.7. The lowest BCUT2D eigenvalue weighted by molar-refractivity contribution is 0.195. The Kier molecular flexibility index (Phi) is 1.94. The third kappa shape index (κ3) is 4.11. The topological polar surface area (TPSA) is 21.3 Å². The van der Waals surface area contributed by atoms with Crippen molar-refractivity contribution in [2.75, 3.05) is 13.5 Å². The van der Waals surface area contributed by atoms with Crippen LogP contribution < -0.4 is 10.1 Å². The molecule has 1 unspecified atom stereocenters. The molecule has 0 aliphatic rings. The minimum absolute atomic E-state index is 0.0796. The zero-order valence-electron chi connectivity index (χ0n) is 21.4. The van der Waals surface area contributed by atoms with E-state index in [1.54, 1.807) is 23.5 Å². The predicted octanol–water partition coefficient (Wildman–Crippen LogP) is 3.72. The van der Waals surface area contributed by atoms with Crippen LogP contribution in [0.1, 0.15) is 38.7 Å². The monoisotopic (exact) mass is 266 g/mol. The Bertz CT molecular complexity index is 883. The number of hydrogen-bond donors (Lipinski definition) is 1. The molecule has 0 spiro atoms. The number of hydrogen-bond acceptors (Lipinski definition) is 2.